The summed E-state index contributed by atoms with van der Waals surface area (Å²) in [6.45, 7) is 0. The van der Waals surface area contributed by atoms with Gasteiger partial charge in [0.25, 0.3) is 10.0 Å². The minimum atomic E-state index is -3.93. The van der Waals surface area contributed by atoms with Crippen molar-refractivity contribution in [3.8, 4) is 11.5 Å². The third kappa shape index (κ3) is 4.15. The van der Waals surface area contributed by atoms with E-state index in [1.165, 1.54) is 14.2 Å². The molecule has 0 fully saturated rings. The van der Waals surface area contributed by atoms with Gasteiger partial charge in [-0.3, -0.25) is 4.72 Å². The van der Waals surface area contributed by atoms with Crippen LogP contribution in [-0.4, -0.2) is 33.7 Å². The largest absolute Gasteiger partial charge is 0.497 e. The van der Waals surface area contributed by atoms with Gasteiger partial charge in [-0.15, -0.1) is 0 Å². The molecule has 3 atom stereocenters. The lowest BCUT2D eigenvalue weighted by atomic mass is 9.76. The van der Waals surface area contributed by atoms with Crippen molar-refractivity contribution < 1.29 is 27.8 Å². The number of carbonyl (C=O) groups is 1. The van der Waals surface area contributed by atoms with Gasteiger partial charge in [0.1, 0.15) is 11.5 Å². The number of carboxylic acid groups (broad SMARTS) is 1. The second kappa shape index (κ2) is 9.23. The van der Waals surface area contributed by atoms with Gasteiger partial charge in [-0.1, -0.05) is 30.4 Å². The molecule has 5 rings (SSSR count). The van der Waals surface area contributed by atoms with Crippen molar-refractivity contribution >= 4 is 27.4 Å². The van der Waals surface area contributed by atoms with Crippen molar-refractivity contribution in [3.05, 3.63) is 89.5 Å². The van der Waals surface area contributed by atoms with E-state index in [1.54, 1.807) is 48.5 Å². The number of hydrogen-bond donors (Lipinski definition) is 3. The third-order valence-corrected chi connectivity index (χ3v) is 8.18. The molecule has 186 valence electrons. The summed E-state index contributed by atoms with van der Waals surface area (Å²) in [5, 5.41) is 13.2. The molecule has 0 spiro atoms. The van der Waals surface area contributed by atoms with E-state index < -0.39 is 16.0 Å². The Labute approximate surface area is 209 Å². The summed E-state index contributed by atoms with van der Waals surface area (Å²) in [6, 6.07) is 16.6. The smallest absolute Gasteiger partial charge is 0.336 e. The molecule has 1 heterocycles. The van der Waals surface area contributed by atoms with Crippen LogP contribution in [0.15, 0.2) is 77.7 Å². The lowest BCUT2D eigenvalue weighted by Gasteiger charge is -2.38. The van der Waals surface area contributed by atoms with Gasteiger partial charge in [0.2, 0.25) is 0 Å². The minimum Gasteiger partial charge on any atom is -0.497 e. The Morgan fingerprint density at radius 2 is 1.83 bits per heavy atom. The van der Waals surface area contributed by atoms with Crippen molar-refractivity contribution in [2.75, 3.05) is 24.3 Å². The first-order chi connectivity index (χ1) is 17.3. The molecule has 3 N–H and O–H groups in total. The Bertz CT molecular complexity index is 1470. The van der Waals surface area contributed by atoms with Crippen LogP contribution in [0.3, 0.4) is 0 Å². The fraction of sp³-hybridized carbons (Fsp3) is 0.222. The van der Waals surface area contributed by atoms with Crippen molar-refractivity contribution in [1.29, 1.82) is 0 Å². The Balaban J connectivity index is 1.51. The molecular formula is C27H26N2O6S. The van der Waals surface area contributed by atoms with Gasteiger partial charge < -0.3 is 19.9 Å². The number of nitrogens with one attached hydrogen (secondary N) is 2. The van der Waals surface area contributed by atoms with E-state index in [0.717, 1.165) is 23.2 Å². The standard InChI is InChI=1S/C27H26N2O6S/c1-34-16-10-13-25(35-2)24(14-16)29-36(32,33)17-11-12-23-22(15-17)18-8-5-9-19(18)26(28-23)20-6-3-4-7-21(20)27(30)31/h3-8,10-15,18-19,26,28-29H,9H2,1-2H3,(H,30,31)/t18-,19+,26-/m0/s1. The van der Waals surface area contributed by atoms with Gasteiger partial charge in [0, 0.05) is 17.7 Å². The number of benzene rings is 3. The highest BCUT2D eigenvalue weighted by molar-refractivity contribution is 7.92. The zero-order valence-corrected chi connectivity index (χ0v) is 20.6. The number of aromatic carboxylic acids is 1. The third-order valence-electron chi connectivity index (χ3n) is 6.82. The van der Waals surface area contributed by atoms with Crippen LogP contribution in [0.4, 0.5) is 11.4 Å². The predicted octanol–water partition coefficient (Wildman–Crippen LogP) is 5.03. The van der Waals surface area contributed by atoms with Gasteiger partial charge in [0.15, 0.2) is 0 Å². The number of anilines is 2. The van der Waals surface area contributed by atoms with Crippen LogP contribution in [0.1, 0.15) is 39.9 Å². The summed E-state index contributed by atoms with van der Waals surface area (Å²) >= 11 is 0. The van der Waals surface area contributed by atoms with Crippen molar-refractivity contribution in [1.82, 2.24) is 0 Å². The van der Waals surface area contributed by atoms with Crippen LogP contribution in [0.5, 0.6) is 11.5 Å². The molecule has 0 aromatic heterocycles. The highest BCUT2D eigenvalue weighted by Gasteiger charge is 2.39. The van der Waals surface area contributed by atoms with Gasteiger partial charge >= 0.3 is 5.97 Å². The second-order valence-electron chi connectivity index (χ2n) is 8.79. The normalized spacial score (nSPS) is 20.1. The predicted molar refractivity (Wildman–Crippen MR) is 137 cm³/mol. The number of allylic oxidation sites excluding steroid dienone is 2. The number of hydrogen-bond acceptors (Lipinski definition) is 6. The van der Waals surface area contributed by atoms with Crippen LogP contribution < -0.4 is 19.5 Å². The zero-order valence-electron chi connectivity index (χ0n) is 19.8. The van der Waals surface area contributed by atoms with Crippen LogP contribution in [-0.2, 0) is 10.0 Å². The van der Waals surface area contributed by atoms with E-state index >= 15 is 0 Å². The van der Waals surface area contributed by atoms with Gasteiger partial charge in [-0.2, -0.15) is 0 Å². The Hall–Kier alpha value is -3.98. The molecule has 0 bridgehead atoms. The highest BCUT2D eigenvalue weighted by atomic mass is 32.2. The first kappa shape index (κ1) is 23.7. The van der Waals surface area contributed by atoms with Crippen molar-refractivity contribution in [3.63, 3.8) is 0 Å². The number of fused-ring (bicyclic) bond motifs is 3. The maximum Gasteiger partial charge on any atom is 0.336 e. The number of sulfonamides is 1. The maximum atomic E-state index is 13.3. The highest BCUT2D eigenvalue weighted by Crippen LogP contribution is 2.50. The molecule has 0 amide bonds. The molecule has 36 heavy (non-hydrogen) atoms. The number of rotatable bonds is 7. The average molecular weight is 507 g/mol. The average Bonchev–Trinajstić information content (AvgIpc) is 3.38. The van der Waals surface area contributed by atoms with E-state index in [-0.39, 0.29) is 34.0 Å². The van der Waals surface area contributed by atoms with Gasteiger partial charge in [-0.25, -0.2) is 13.2 Å². The Morgan fingerprint density at radius 3 is 2.58 bits per heavy atom. The summed E-state index contributed by atoms with van der Waals surface area (Å²) in [6.07, 6.45) is 4.91. The second-order valence-corrected chi connectivity index (χ2v) is 10.5. The molecule has 0 radical (unpaired) electrons. The van der Waals surface area contributed by atoms with Crippen LogP contribution in [0.2, 0.25) is 0 Å². The Kier molecular flexibility index (Phi) is 6.09. The molecule has 3 aromatic rings. The summed E-state index contributed by atoms with van der Waals surface area (Å²) in [5.41, 5.74) is 2.90. The van der Waals surface area contributed by atoms with Crippen molar-refractivity contribution in [2.24, 2.45) is 5.92 Å². The van der Waals surface area contributed by atoms with Crippen LogP contribution in [0, 0.1) is 5.92 Å². The number of carboxylic acids is 1. The Morgan fingerprint density at radius 1 is 1.03 bits per heavy atom. The molecule has 8 nitrogen and oxygen atoms in total. The lowest BCUT2D eigenvalue weighted by molar-refractivity contribution is 0.0694. The molecular weight excluding hydrogens is 480 g/mol. The van der Waals surface area contributed by atoms with E-state index in [4.69, 9.17) is 9.47 Å². The molecule has 1 aliphatic heterocycles. The van der Waals surface area contributed by atoms with E-state index in [9.17, 15) is 18.3 Å². The molecule has 2 aliphatic rings. The SMILES string of the molecule is COc1ccc(OC)c(NS(=O)(=O)c2ccc3c(c2)[C@H]2C=CC[C@H]2[C@@H](c2ccccc2C(=O)O)N3)c1. The zero-order chi connectivity index (χ0) is 25.4. The van der Waals surface area contributed by atoms with Gasteiger partial charge in [-0.05, 0) is 59.9 Å². The van der Waals surface area contributed by atoms with Crippen LogP contribution in [0.25, 0.3) is 0 Å². The summed E-state index contributed by atoms with van der Waals surface area (Å²) in [7, 11) is -0.960. The maximum absolute atomic E-state index is 13.3. The van der Waals surface area contributed by atoms with E-state index in [0.29, 0.717) is 11.5 Å². The van der Waals surface area contributed by atoms with Crippen molar-refractivity contribution in [2.45, 2.75) is 23.3 Å². The molecule has 1 aliphatic carbocycles. The number of ether oxygens (including phenoxy) is 2. The molecule has 3 aromatic carbocycles. The summed E-state index contributed by atoms with van der Waals surface area (Å²) < 4.78 is 39.8. The molecule has 0 saturated carbocycles. The fourth-order valence-electron chi connectivity index (χ4n) is 5.11. The molecule has 0 unspecified atom stereocenters. The minimum absolute atomic E-state index is 0.0467. The quantitative estimate of drug-likeness (QED) is 0.385. The molecule has 0 saturated heterocycles. The first-order valence-corrected chi connectivity index (χ1v) is 12.9. The topological polar surface area (TPSA) is 114 Å². The van der Waals surface area contributed by atoms with E-state index in [2.05, 4.69) is 22.2 Å². The summed E-state index contributed by atoms with van der Waals surface area (Å²) in [4.78, 5) is 12.0. The first-order valence-electron chi connectivity index (χ1n) is 11.5. The fourth-order valence-corrected chi connectivity index (χ4v) is 6.20. The van der Waals surface area contributed by atoms with Gasteiger partial charge in [0.05, 0.1) is 36.4 Å². The summed E-state index contributed by atoms with van der Waals surface area (Å²) in [5.74, 6) is -0.0920. The monoisotopic (exact) mass is 506 g/mol. The van der Waals surface area contributed by atoms with E-state index in [1.807, 2.05) is 12.1 Å². The van der Waals surface area contributed by atoms with Crippen LogP contribution >= 0.6 is 0 Å². The number of methoxy groups -OCH3 is 2. The molecule has 9 heteroatoms. The lowest BCUT2D eigenvalue weighted by Crippen LogP contribution is -2.30.